The van der Waals surface area contributed by atoms with Gasteiger partial charge in [0.25, 0.3) is 11.8 Å². The van der Waals surface area contributed by atoms with Gasteiger partial charge in [0, 0.05) is 0 Å². The van der Waals surface area contributed by atoms with Crippen LogP contribution < -0.4 is 9.88 Å². The minimum Gasteiger partial charge on any atom is -0.482 e. The minimum absolute atomic E-state index is 0.113. The molecule has 1 aliphatic heterocycles. The van der Waals surface area contributed by atoms with Gasteiger partial charge in [-0.15, -0.1) is 0 Å². The molecule has 0 unspecified atom stereocenters. The molecule has 134 valence electrons. The molecule has 26 heavy (non-hydrogen) atoms. The Hall–Kier alpha value is -3.24. The highest BCUT2D eigenvalue weighted by atomic mass is 32.2. The largest absolute Gasteiger partial charge is 0.482 e. The van der Waals surface area contributed by atoms with Gasteiger partial charge in [-0.25, -0.2) is 18.4 Å². The first-order valence-corrected chi connectivity index (χ1v) is 8.76. The number of nitrogens with zero attached hydrogens (tertiary/aromatic N) is 1. The third kappa shape index (κ3) is 3.41. The molecule has 0 saturated carbocycles. The third-order valence-electron chi connectivity index (χ3n) is 3.46. The number of primary sulfonamides is 1. The van der Waals surface area contributed by atoms with Crippen LogP contribution in [0.5, 0.6) is 5.75 Å². The normalized spacial score (nSPS) is 13.5. The van der Waals surface area contributed by atoms with E-state index in [0.717, 1.165) is 0 Å². The molecule has 0 aliphatic carbocycles. The number of benzene rings is 2. The van der Waals surface area contributed by atoms with E-state index < -0.39 is 34.4 Å². The third-order valence-corrected chi connectivity index (χ3v) is 4.39. The van der Waals surface area contributed by atoms with E-state index in [1.165, 1.54) is 36.4 Å². The lowest BCUT2D eigenvalue weighted by atomic mass is 10.1. The van der Waals surface area contributed by atoms with E-state index in [1.807, 2.05) is 0 Å². The van der Waals surface area contributed by atoms with E-state index >= 15 is 0 Å². The first kappa shape index (κ1) is 17.6. The molecule has 0 spiro atoms. The molecule has 2 aromatic carbocycles. The maximum absolute atomic E-state index is 12.1. The highest BCUT2D eigenvalue weighted by molar-refractivity contribution is 7.89. The van der Waals surface area contributed by atoms with Crippen LogP contribution in [0.1, 0.15) is 20.7 Å². The maximum atomic E-state index is 12.1. The molecule has 1 heterocycles. The molecule has 0 radical (unpaired) electrons. The molecule has 2 N–H and O–H groups in total. The van der Waals surface area contributed by atoms with Crippen LogP contribution in [-0.4, -0.2) is 37.9 Å². The van der Waals surface area contributed by atoms with Gasteiger partial charge in [-0.05, 0) is 36.4 Å². The predicted molar refractivity (Wildman–Crippen MR) is 86.3 cm³/mol. The zero-order valence-electron chi connectivity index (χ0n) is 13.1. The summed E-state index contributed by atoms with van der Waals surface area (Å²) in [6.07, 6.45) is 0. The zero-order chi connectivity index (χ0) is 18.9. The number of amides is 2. The van der Waals surface area contributed by atoms with Gasteiger partial charge in [-0.1, -0.05) is 17.2 Å². The lowest BCUT2D eigenvalue weighted by Crippen LogP contribution is -2.34. The Balaban J connectivity index is 1.60. The molecule has 0 aromatic heterocycles. The lowest BCUT2D eigenvalue weighted by molar-refractivity contribution is -0.170. The monoisotopic (exact) mass is 376 g/mol. The summed E-state index contributed by atoms with van der Waals surface area (Å²) >= 11 is 0. The highest BCUT2D eigenvalue weighted by Gasteiger charge is 2.38. The minimum atomic E-state index is -3.83. The van der Waals surface area contributed by atoms with Gasteiger partial charge in [-0.3, -0.25) is 9.59 Å². The Morgan fingerprint density at radius 2 is 1.50 bits per heavy atom. The number of hydrogen-bond donors (Lipinski definition) is 1. The van der Waals surface area contributed by atoms with Crippen LogP contribution in [0.4, 0.5) is 0 Å². The van der Waals surface area contributed by atoms with Crippen molar-refractivity contribution in [2.24, 2.45) is 5.14 Å². The number of sulfonamides is 1. The van der Waals surface area contributed by atoms with E-state index in [2.05, 4.69) is 0 Å². The molecule has 0 saturated heterocycles. The molecule has 2 amide bonds. The summed E-state index contributed by atoms with van der Waals surface area (Å²) in [4.78, 5) is 40.6. The van der Waals surface area contributed by atoms with Crippen molar-refractivity contribution in [2.75, 3.05) is 6.61 Å². The summed E-state index contributed by atoms with van der Waals surface area (Å²) in [5, 5.41) is 5.35. The number of hydroxylamine groups is 2. The molecule has 10 heteroatoms. The molecule has 1 aliphatic rings. The van der Waals surface area contributed by atoms with Crippen molar-refractivity contribution >= 4 is 27.8 Å². The van der Waals surface area contributed by atoms with E-state index in [4.69, 9.17) is 14.7 Å². The van der Waals surface area contributed by atoms with E-state index in [-0.39, 0.29) is 21.8 Å². The summed E-state index contributed by atoms with van der Waals surface area (Å²) in [6, 6.07) is 11.1. The fraction of sp³-hybridized carbons (Fsp3) is 0.0625. The van der Waals surface area contributed by atoms with Crippen LogP contribution in [-0.2, 0) is 19.7 Å². The van der Waals surface area contributed by atoms with Crippen molar-refractivity contribution in [1.29, 1.82) is 0 Å². The lowest BCUT2D eigenvalue weighted by Gasteiger charge is -2.13. The zero-order valence-corrected chi connectivity index (χ0v) is 13.9. The average Bonchev–Trinajstić information content (AvgIpc) is 2.85. The topological polar surface area (TPSA) is 133 Å². The van der Waals surface area contributed by atoms with Crippen molar-refractivity contribution in [3.8, 4) is 5.75 Å². The van der Waals surface area contributed by atoms with Crippen LogP contribution >= 0.6 is 0 Å². The summed E-state index contributed by atoms with van der Waals surface area (Å²) in [7, 11) is -3.83. The van der Waals surface area contributed by atoms with Crippen LogP contribution in [0.15, 0.2) is 53.4 Å². The summed E-state index contributed by atoms with van der Waals surface area (Å²) in [6.45, 7) is -0.595. The van der Waals surface area contributed by atoms with E-state index in [0.29, 0.717) is 5.06 Å². The Kier molecular flexibility index (Phi) is 4.45. The van der Waals surface area contributed by atoms with Crippen molar-refractivity contribution < 1.29 is 32.4 Å². The number of fused-ring (bicyclic) bond motifs is 1. The molecule has 3 rings (SSSR count). The molecular formula is C16H12N2O7S. The second-order valence-corrected chi connectivity index (χ2v) is 6.78. The molecule has 0 atom stereocenters. The van der Waals surface area contributed by atoms with Gasteiger partial charge in [0.2, 0.25) is 10.0 Å². The molecule has 9 nitrogen and oxygen atoms in total. The van der Waals surface area contributed by atoms with Crippen molar-refractivity contribution in [3.05, 3.63) is 59.7 Å². The summed E-state index contributed by atoms with van der Waals surface area (Å²) in [5.41, 5.74) is 0.287. The van der Waals surface area contributed by atoms with Crippen LogP contribution in [0.3, 0.4) is 0 Å². The first-order chi connectivity index (χ1) is 12.3. The van der Waals surface area contributed by atoms with Gasteiger partial charge in [0.1, 0.15) is 5.75 Å². The highest BCUT2D eigenvalue weighted by Crippen LogP contribution is 2.22. The molecule has 2 aromatic rings. The SMILES string of the molecule is NS(=O)(=O)c1ccc(OCC(=O)ON2C(=O)c3ccccc3C2=O)cc1. The van der Waals surface area contributed by atoms with Gasteiger partial charge >= 0.3 is 5.97 Å². The first-order valence-electron chi connectivity index (χ1n) is 7.21. The van der Waals surface area contributed by atoms with Gasteiger partial charge in [-0.2, -0.15) is 0 Å². The van der Waals surface area contributed by atoms with Gasteiger partial charge in [0.15, 0.2) is 6.61 Å². The number of hydrogen-bond acceptors (Lipinski definition) is 7. The molecular weight excluding hydrogens is 364 g/mol. The second-order valence-electron chi connectivity index (χ2n) is 5.22. The van der Waals surface area contributed by atoms with Crippen LogP contribution in [0, 0.1) is 0 Å². The van der Waals surface area contributed by atoms with Gasteiger partial charge in [0.05, 0.1) is 16.0 Å². The number of imide groups is 1. The summed E-state index contributed by atoms with van der Waals surface area (Å²) in [5.74, 6) is -2.28. The Labute approximate surface area is 147 Å². The number of ether oxygens (including phenoxy) is 1. The summed E-state index contributed by atoms with van der Waals surface area (Å²) < 4.78 is 27.4. The second kappa shape index (κ2) is 6.58. The molecule has 0 fully saturated rings. The van der Waals surface area contributed by atoms with Crippen LogP contribution in [0.2, 0.25) is 0 Å². The van der Waals surface area contributed by atoms with E-state index in [1.54, 1.807) is 12.1 Å². The van der Waals surface area contributed by atoms with Crippen LogP contribution in [0.25, 0.3) is 0 Å². The fourth-order valence-corrected chi connectivity index (χ4v) is 2.76. The average molecular weight is 376 g/mol. The Morgan fingerprint density at radius 1 is 0.962 bits per heavy atom. The van der Waals surface area contributed by atoms with E-state index in [9.17, 15) is 22.8 Å². The number of carbonyl (C=O) groups is 3. The van der Waals surface area contributed by atoms with Crippen molar-refractivity contribution in [2.45, 2.75) is 4.90 Å². The fourth-order valence-electron chi connectivity index (χ4n) is 2.25. The smallest absolute Gasteiger partial charge is 0.370 e. The number of rotatable bonds is 5. The standard InChI is InChI=1S/C16H12N2O7S/c17-26(22,23)11-7-5-10(6-8-11)24-9-14(19)25-18-15(20)12-3-1-2-4-13(12)16(18)21/h1-8H,9H2,(H2,17,22,23). The van der Waals surface area contributed by atoms with Crippen molar-refractivity contribution in [3.63, 3.8) is 0 Å². The predicted octanol–water partition coefficient (Wildman–Crippen LogP) is 0.467. The van der Waals surface area contributed by atoms with Gasteiger partial charge < -0.3 is 9.57 Å². The quantitative estimate of drug-likeness (QED) is 0.750. The van der Waals surface area contributed by atoms with Crippen molar-refractivity contribution in [1.82, 2.24) is 5.06 Å². The number of nitrogens with two attached hydrogens (primary N) is 1. The Bertz CT molecular complexity index is 965. The molecule has 0 bridgehead atoms. The number of carbonyl (C=O) groups excluding carboxylic acids is 3. The Morgan fingerprint density at radius 3 is 2.00 bits per heavy atom. The maximum Gasteiger partial charge on any atom is 0.370 e.